The number of hydrogen-bond acceptors (Lipinski definition) is 2. The minimum absolute atomic E-state index is 0.0687. The average Bonchev–Trinajstić information content (AvgIpc) is 2.61. The van der Waals surface area contributed by atoms with Gasteiger partial charge in [-0.25, -0.2) is 0 Å². The molecule has 1 aromatic rings. The van der Waals surface area contributed by atoms with Crippen molar-refractivity contribution < 1.29 is 27.7 Å². The largest absolute Gasteiger partial charge is 0.418 e. The zero-order chi connectivity index (χ0) is 19.9. The predicted octanol–water partition coefficient (Wildman–Crippen LogP) is 2.00. The number of halogens is 3. The average molecular weight is 386 g/mol. The Bertz CT molecular complexity index is 643. The summed E-state index contributed by atoms with van der Waals surface area (Å²) in [5.74, 6) is -0.670. The van der Waals surface area contributed by atoms with E-state index in [0.717, 1.165) is 31.7 Å². The lowest BCUT2D eigenvalue weighted by Gasteiger charge is -2.24. The SMILES string of the molecule is CC[NH+](CC(=O)Nc1ccccc1C(F)(F)F)CC(=O)NC1CCCCC1. The molecule has 0 aliphatic heterocycles. The van der Waals surface area contributed by atoms with Crippen molar-refractivity contribution in [1.29, 1.82) is 0 Å². The number of alkyl halides is 3. The van der Waals surface area contributed by atoms with Crippen molar-refractivity contribution in [3.05, 3.63) is 29.8 Å². The fourth-order valence-electron chi connectivity index (χ4n) is 3.33. The number of carbonyl (C=O) groups excluding carboxylic acids is 2. The van der Waals surface area contributed by atoms with E-state index < -0.39 is 17.6 Å². The van der Waals surface area contributed by atoms with Gasteiger partial charge in [0.25, 0.3) is 11.8 Å². The molecule has 1 aromatic carbocycles. The van der Waals surface area contributed by atoms with Crippen LogP contribution in [0.5, 0.6) is 0 Å². The van der Waals surface area contributed by atoms with Gasteiger partial charge in [0.1, 0.15) is 0 Å². The van der Waals surface area contributed by atoms with E-state index in [1.165, 1.54) is 24.6 Å². The summed E-state index contributed by atoms with van der Waals surface area (Å²) < 4.78 is 39.0. The highest BCUT2D eigenvalue weighted by Crippen LogP contribution is 2.34. The van der Waals surface area contributed by atoms with Crippen molar-refractivity contribution >= 4 is 17.5 Å². The first-order valence-electron chi connectivity index (χ1n) is 9.38. The van der Waals surface area contributed by atoms with E-state index in [0.29, 0.717) is 11.4 Å². The van der Waals surface area contributed by atoms with Gasteiger partial charge >= 0.3 is 6.18 Å². The minimum Gasteiger partial charge on any atom is -0.348 e. The molecule has 5 nitrogen and oxygen atoms in total. The second-order valence-corrected chi connectivity index (χ2v) is 6.95. The normalized spacial score (nSPS) is 16.6. The highest BCUT2D eigenvalue weighted by atomic mass is 19.4. The van der Waals surface area contributed by atoms with E-state index in [1.807, 2.05) is 6.92 Å². The number of para-hydroxylation sites is 1. The van der Waals surface area contributed by atoms with Crippen LogP contribution in [0.25, 0.3) is 0 Å². The van der Waals surface area contributed by atoms with Crippen LogP contribution in [0.2, 0.25) is 0 Å². The maximum absolute atomic E-state index is 13.0. The van der Waals surface area contributed by atoms with Crippen LogP contribution in [0.3, 0.4) is 0 Å². The lowest BCUT2D eigenvalue weighted by molar-refractivity contribution is -0.881. The molecule has 2 amide bonds. The summed E-state index contributed by atoms with van der Waals surface area (Å²) in [4.78, 5) is 25.1. The Balaban J connectivity index is 1.88. The van der Waals surface area contributed by atoms with Gasteiger partial charge < -0.3 is 15.5 Å². The molecule has 1 unspecified atom stereocenters. The summed E-state index contributed by atoms with van der Waals surface area (Å²) in [7, 11) is 0. The predicted molar refractivity (Wildman–Crippen MR) is 96.3 cm³/mol. The molecule has 0 bridgehead atoms. The van der Waals surface area contributed by atoms with Gasteiger partial charge in [-0.05, 0) is 31.9 Å². The molecule has 8 heteroatoms. The van der Waals surface area contributed by atoms with E-state index in [4.69, 9.17) is 0 Å². The Hall–Kier alpha value is -2.09. The van der Waals surface area contributed by atoms with Crippen LogP contribution in [0.4, 0.5) is 18.9 Å². The molecule has 1 aliphatic carbocycles. The Morgan fingerprint density at radius 1 is 1.07 bits per heavy atom. The molecular formula is C19H27F3N3O2+. The molecule has 0 saturated heterocycles. The Kier molecular flexibility index (Phi) is 7.65. The maximum atomic E-state index is 13.0. The van der Waals surface area contributed by atoms with Crippen molar-refractivity contribution in [2.45, 2.75) is 51.2 Å². The van der Waals surface area contributed by atoms with Gasteiger partial charge in [-0.3, -0.25) is 9.59 Å². The quantitative estimate of drug-likeness (QED) is 0.671. The highest BCUT2D eigenvalue weighted by molar-refractivity contribution is 5.92. The standard InChI is InChI=1S/C19H26F3N3O2/c1-2-25(12-17(26)23-14-8-4-3-5-9-14)13-18(27)24-16-11-7-6-10-15(16)19(20,21)22/h6-7,10-11,14H,2-5,8-9,12-13H2,1H3,(H,23,26)(H,24,27)/p+1. The molecule has 3 N–H and O–H groups in total. The van der Waals surface area contributed by atoms with E-state index in [2.05, 4.69) is 10.6 Å². The third-order valence-electron chi connectivity index (χ3n) is 4.80. The van der Waals surface area contributed by atoms with E-state index in [-0.39, 0.29) is 30.7 Å². The molecule has 0 aromatic heterocycles. The maximum Gasteiger partial charge on any atom is 0.418 e. The number of amides is 2. The first kappa shape index (κ1) is 21.2. The smallest absolute Gasteiger partial charge is 0.348 e. The molecule has 0 spiro atoms. The van der Waals surface area contributed by atoms with Crippen LogP contribution in [0, 0.1) is 0 Å². The number of nitrogens with one attached hydrogen (secondary N) is 3. The lowest BCUT2D eigenvalue weighted by atomic mass is 9.95. The van der Waals surface area contributed by atoms with Gasteiger partial charge in [-0.15, -0.1) is 0 Å². The van der Waals surface area contributed by atoms with E-state index in [1.54, 1.807) is 0 Å². The summed E-state index contributed by atoms with van der Waals surface area (Å²) >= 11 is 0. The summed E-state index contributed by atoms with van der Waals surface area (Å²) in [6.07, 6.45) is 0.815. The van der Waals surface area contributed by atoms with Crippen LogP contribution in [0.1, 0.15) is 44.6 Å². The van der Waals surface area contributed by atoms with Gasteiger partial charge in [0.2, 0.25) is 0 Å². The third kappa shape index (κ3) is 6.86. The van der Waals surface area contributed by atoms with Crippen LogP contribution in [-0.2, 0) is 15.8 Å². The zero-order valence-corrected chi connectivity index (χ0v) is 15.5. The first-order valence-corrected chi connectivity index (χ1v) is 9.38. The summed E-state index contributed by atoms with van der Waals surface area (Å²) in [5, 5.41) is 5.32. The molecule has 27 heavy (non-hydrogen) atoms. The summed E-state index contributed by atoms with van der Waals surface area (Å²) in [6, 6.07) is 5.06. The molecule has 150 valence electrons. The van der Waals surface area contributed by atoms with Crippen molar-refractivity contribution in [2.24, 2.45) is 0 Å². The van der Waals surface area contributed by atoms with Crippen molar-refractivity contribution in [1.82, 2.24) is 5.32 Å². The molecule has 1 aliphatic rings. The lowest BCUT2D eigenvalue weighted by Crippen LogP contribution is -3.14. The van der Waals surface area contributed by atoms with Crippen LogP contribution in [0.15, 0.2) is 24.3 Å². The molecule has 0 radical (unpaired) electrons. The summed E-state index contributed by atoms with van der Waals surface area (Å²) in [6.45, 7) is 2.41. The van der Waals surface area contributed by atoms with Gasteiger partial charge in [-0.2, -0.15) is 13.2 Å². The second kappa shape index (κ2) is 9.73. The number of carbonyl (C=O) groups is 2. The highest BCUT2D eigenvalue weighted by Gasteiger charge is 2.33. The number of hydrogen-bond donors (Lipinski definition) is 3. The minimum atomic E-state index is -4.54. The number of rotatable bonds is 7. The van der Waals surface area contributed by atoms with Gasteiger partial charge in [-0.1, -0.05) is 31.4 Å². The fourth-order valence-corrected chi connectivity index (χ4v) is 3.33. The Labute approximate surface area is 157 Å². The van der Waals surface area contributed by atoms with Crippen molar-refractivity contribution in [3.8, 4) is 0 Å². The third-order valence-corrected chi connectivity index (χ3v) is 4.80. The molecule has 1 atom stereocenters. The molecule has 1 saturated carbocycles. The summed E-state index contributed by atoms with van der Waals surface area (Å²) in [5.41, 5.74) is -1.15. The fraction of sp³-hybridized carbons (Fsp3) is 0.579. The molecular weight excluding hydrogens is 359 g/mol. The van der Waals surface area contributed by atoms with E-state index >= 15 is 0 Å². The first-order chi connectivity index (χ1) is 12.8. The zero-order valence-electron chi connectivity index (χ0n) is 15.5. The Morgan fingerprint density at radius 2 is 1.70 bits per heavy atom. The second-order valence-electron chi connectivity index (χ2n) is 6.95. The van der Waals surface area contributed by atoms with Gasteiger partial charge in [0.15, 0.2) is 13.1 Å². The topological polar surface area (TPSA) is 62.6 Å². The van der Waals surface area contributed by atoms with Gasteiger partial charge in [0, 0.05) is 6.04 Å². The number of quaternary nitrogens is 1. The van der Waals surface area contributed by atoms with Crippen LogP contribution in [-0.4, -0.2) is 37.5 Å². The van der Waals surface area contributed by atoms with Crippen LogP contribution < -0.4 is 15.5 Å². The molecule has 2 rings (SSSR count). The molecule has 1 fully saturated rings. The monoisotopic (exact) mass is 386 g/mol. The number of likely N-dealkylation sites (N-methyl/N-ethyl adjacent to an activating group) is 1. The van der Waals surface area contributed by atoms with E-state index in [9.17, 15) is 22.8 Å². The molecule has 0 heterocycles. The number of anilines is 1. The Morgan fingerprint density at radius 3 is 2.33 bits per heavy atom. The van der Waals surface area contributed by atoms with Gasteiger partial charge in [0.05, 0.1) is 17.8 Å². The van der Waals surface area contributed by atoms with Crippen molar-refractivity contribution in [2.75, 3.05) is 25.0 Å². The van der Waals surface area contributed by atoms with Crippen molar-refractivity contribution in [3.63, 3.8) is 0 Å². The number of benzene rings is 1. The van der Waals surface area contributed by atoms with Crippen LogP contribution >= 0.6 is 0 Å².